The third-order valence-electron chi connectivity index (χ3n) is 4.21. The van der Waals surface area contributed by atoms with Crippen molar-refractivity contribution in [1.82, 2.24) is 4.31 Å². The minimum atomic E-state index is -3.48. The molecule has 0 spiro atoms. The zero-order valence-corrected chi connectivity index (χ0v) is 13.1. The van der Waals surface area contributed by atoms with Gasteiger partial charge in [-0.1, -0.05) is 26.0 Å². The van der Waals surface area contributed by atoms with Crippen molar-refractivity contribution in [2.24, 2.45) is 11.8 Å². The van der Waals surface area contributed by atoms with Crippen LogP contribution in [0.4, 0.5) is 0 Å². The number of rotatable bonds is 4. The Balaban J connectivity index is 2.18. The van der Waals surface area contributed by atoms with Crippen molar-refractivity contribution in [3.05, 3.63) is 29.8 Å². The van der Waals surface area contributed by atoms with Crippen LogP contribution >= 0.6 is 0 Å². The Labute approximate surface area is 125 Å². The Morgan fingerprint density at radius 3 is 2.38 bits per heavy atom. The highest BCUT2D eigenvalue weighted by molar-refractivity contribution is 7.89. The van der Waals surface area contributed by atoms with Crippen LogP contribution in [-0.4, -0.2) is 36.9 Å². The minimum Gasteiger partial charge on any atom is -0.481 e. The van der Waals surface area contributed by atoms with Crippen LogP contribution in [0.5, 0.6) is 0 Å². The summed E-state index contributed by atoms with van der Waals surface area (Å²) in [4.78, 5) is 10.9. The molecule has 0 bridgehead atoms. The summed E-state index contributed by atoms with van der Waals surface area (Å²) in [6.45, 7) is 5.31. The monoisotopic (exact) mass is 311 g/mol. The number of carboxylic acids is 1. The van der Waals surface area contributed by atoms with E-state index in [1.807, 2.05) is 0 Å². The number of hydrogen-bond donors (Lipinski definition) is 1. The zero-order chi connectivity index (χ0) is 15.6. The molecule has 21 heavy (non-hydrogen) atoms. The Morgan fingerprint density at radius 1 is 1.24 bits per heavy atom. The molecule has 1 aromatic rings. The van der Waals surface area contributed by atoms with Crippen molar-refractivity contribution in [2.45, 2.75) is 31.6 Å². The second kappa shape index (κ2) is 6.15. The first-order chi connectivity index (χ1) is 9.80. The smallest absolute Gasteiger partial charge is 0.307 e. The molecule has 0 amide bonds. The summed E-state index contributed by atoms with van der Waals surface area (Å²) in [7, 11) is -3.48. The van der Waals surface area contributed by atoms with E-state index in [-0.39, 0.29) is 11.3 Å². The van der Waals surface area contributed by atoms with Gasteiger partial charge in [0.05, 0.1) is 11.3 Å². The lowest BCUT2D eigenvalue weighted by Gasteiger charge is -2.34. The van der Waals surface area contributed by atoms with Gasteiger partial charge in [0, 0.05) is 13.1 Å². The molecule has 5 nitrogen and oxygen atoms in total. The van der Waals surface area contributed by atoms with Crippen molar-refractivity contribution in [3.8, 4) is 0 Å². The normalized spacial score (nSPS) is 23.9. The van der Waals surface area contributed by atoms with Crippen LogP contribution in [0.25, 0.3) is 0 Å². The summed E-state index contributed by atoms with van der Waals surface area (Å²) in [5.41, 5.74) is 0.599. The number of benzene rings is 1. The highest BCUT2D eigenvalue weighted by Crippen LogP contribution is 2.27. The van der Waals surface area contributed by atoms with Gasteiger partial charge in [-0.3, -0.25) is 4.79 Å². The van der Waals surface area contributed by atoms with Gasteiger partial charge < -0.3 is 5.11 Å². The van der Waals surface area contributed by atoms with Gasteiger partial charge in [0.2, 0.25) is 10.0 Å². The first-order valence-electron chi connectivity index (χ1n) is 7.11. The predicted molar refractivity (Wildman–Crippen MR) is 79.5 cm³/mol. The van der Waals surface area contributed by atoms with Gasteiger partial charge in [-0.05, 0) is 36.0 Å². The molecule has 2 unspecified atom stereocenters. The first-order valence-corrected chi connectivity index (χ1v) is 8.55. The topological polar surface area (TPSA) is 74.7 Å². The minimum absolute atomic E-state index is 0.0986. The Bertz CT molecular complexity index is 609. The van der Waals surface area contributed by atoms with Gasteiger partial charge in [-0.2, -0.15) is 4.31 Å². The first kappa shape index (κ1) is 16.0. The number of piperidine rings is 1. The Hall–Kier alpha value is -1.40. The SMILES string of the molecule is CC1CCN(S(=O)(=O)c2ccc(CC(=O)O)cc2)CC1C. The van der Waals surface area contributed by atoms with Crippen LogP contribution in [0, 0.1) is 11.8 Å². The number of carboxylic acid groups (broad SMARTS) is 1. The average molecular weight is 311 g/mol. The van der Waals surface area contributed by atoms with Crippen molar-refractivity contribution in [1.29, 1.82) is 0 Å². The Morgan fingerprint density at radius 2 is 1.86 bits per heavy atom. The highest BCUT2D eigenvalue weighted by Gasteiger charge is 2.31. The molecule has 0 radical (unpaired) electrons. The van der Waals surface area contributed by atoms with Crippen molar-refractivity contribution in [3.63, 3.8) is 0 Å². The van der Waals surface area contributed by atoms with Crippen LogP contribution in [-0.2, 0) is 21.2 Å². The molecule has 2 atom stereocenters. The summed E-state index contributed by atoms with van der Waals surface area (Å²) >= 11 is 0. The van der Waals surface area contributed by atoms with Gasteiger partial charge in [0.1, 0.15) is 0 Å². The van der Waals surface area contributed by atoms with Gasteiger partial charge in [-0.15, -0.1) is 0 Å². The number of nitrogens with zero attached hydrogens (tertiary/aromatic N) is 1. The second-order valence-corrected chi connectivity index (χ2v) is 7.76. The van der Waals surface area contributed by atoms with E-state index in [9.17, 15) is 13.2 Å². The lowest BCUT2D eigenvalue weighted by atomic mass is 9.90. The molecule has 0 saturated carbocycles. The van der Waals surface area contributed by atoms with E-state index in [0.29, 0.717) is 30.5 Å². The number of carbonyl (C=O) groups is 1. The molecule has 1 N–H and O–H groups in total. The van der Waals surface area contributed by atoms with E-state index < -0.39 is 16.0 Å². The summed E-state index contributed by atoms with van der Waals surface area (Å²) in [5.74, 6) is -0.0429. The molecule has 1 fully saturated rings. The second-order valence-electron chi connectivity index (χ2n) is 5.82. The number of sulfonamides is 1. The van der Waals surface area contributed by atoms with Crippen LogP contribution in [0.1, 0.15) is 25.8 Å². The summed E-state index contributed by atoms with van der Waals surface area (Å²) in [5, 5.41) is 8.73. The van der Waals surface area contributed by atoms with Crippen molar-refractivity contribution >= 4 is 16.0 Å². The summed E-state index contributed by atoms with van der Waals surface area (Å²) in [6.07, 6.45) is 0.774. The standard InChI is InChI=1S/C15H21NO4S/c1-11-7-8-16(10-12(11)2)21(19,20)14-5-3-13(4-6-14)9-15(17)18/h3-6,11-12H,7-10H2,1-2H3,(H,17,18). The zero-order valence-electron chi connectivity index (χ0n) is 12.3. The molecular weight excluding hydrogens is 290 g/mol. The average Bonchev–Trinajstić information content (AvgIpc) is 2.41. The lowest BCUT2D eigenvalue weighted by molar-refractivity contribution is -0.136. The molecule has 116 valence electrons. The molecular formula is C15H21NO4S. The van der Waals surface area contributed by atoms with Crippen LogP contribution < -0.4 is 0 Å². The summed E-state index contributed by atoms with van der Waals surface area (Å²) < 4.78 is 26.7. The van der Waals surface area contributed by atoms with Gasteiger partial charge >= 0.3 is 5.97 Å². The third-order valence-corrected chi connectivity index (χ3v) is 6.09. The lowest BCUT2D eigenvalue weighted by Crippen LogP contribution is -2.42. The van der Waals surface area contributed by atoms with E-state index in [0.717, 1.165) is 6.42 Å². The van der Waals surface area contributed by atoms with Gasteiger partial charge in [-0.25, -0.2) is 8.42 Å². The van der Waals surface area contributed by atoms with Gasteiger partial charge in [0.15, 0.2) is 0 Å². The number of hydrogen-bond acceptors (Lipinski definition) is 3. The molecule has 1 aliphatic heterocycles. The van der Waals surface area contributed by atoms with Crippen LogP contribution in [0.3, 0.4) is 0 Å². The molecule has 1 heterocycles. The maximum atomic E-state index is 12.6. The number of aliphatic carboxylic acids is 1. The molecule has 2 rings (SSSR count). The molecule has 1 aromatic carbocycles. The van der Waals surface area contributed by atoms with E-state index in [2.05, 4.69) is 13.8 Å². The molecule has 1 saturated heterocycles. The maximum absolute atomic E-state index is 12.6. The Kier molecular flexibility index (Phi) is 4.68. The fourth-order valence-electron chi connectivity index (χ4n) is 2.55. The maximum Gasteiger partial charge on any atom is 0.307 e. The van der Waals surface area contributed by atoms with E-state index >= 15 is 0 Å². The molecule has 6 heteroatoms. The quantitative estimate of drug-likeness (QED) is 0.922. The van der Waals surface area contributed by atoms with Crippen LogP contribution in [0.15, 0.2) is 29.2 Å². The largest absolute Gasteiger partial charge is 0.481 e. The molecule has 1 aliphatic rings. The third kappa shape index (κ3) is 3.63. The summed E-state index contributed by atoms with van der Waals surface area (Å²) in [6, 6.07) is 6.13. The van der Waals surface area contributed by atoms with Crippen molar-refractivity contribution < 1.29 is 18.3 Å². The van der Waals surface area contributed by atoms with E-state index in [1.165, 1.54) is 16.4 Å². The predicted octanol–water partition coefficient (Wildman–Crippen LogP) is 1.98. The fraction of sp³-hybridized carbons (Fsp3) is 0.533. The van der Waals surface area contributed by atoms with Crippen LogP contribution in [0.2, 0.25) is 0 Å². The van der Waals surface area contributed by atoms with Gasteiger partial charge in [0.25, 0.3) is 0 Å². The van der Waals surface area contributed by atoms with Crippen molar-refractivity contribution in [2.75, 3.05) is 13.1 Å². The fourth-order valence-corrected chi connectivity index (χ4v) is 4.10. The highest BCUT2D eigenvalue weighted by atomic mass is 32.2. The molecule has 0 aliphatic carbocycles. The van der Waals surface area contributed by atoms with E-state index in [1.54, 1.807) is 12.1 Å². The van der Waals surface area contributed by atoms with E-state index in [4.69, 9.17) is 5.11 Å². The molecule has 0 aromatic heterocycles.